The summed E-state index contributed by atoms with van der Waals surface area (Å²) in [4.78, 5) is 24.4. The maximum Gasteiger partial charge on any atom is 0.306 e. The largest absolute Gasteiger partial charge is 0.493 e. The van der Waals surface area contributed by atoms with Crippen molar-refractivity contribution in [2.75, 3.05) is 6.61 Å². The highest BCUT2D eigenvalue weighted by molar-refractivity contribution is 5.72. The Hall–Kier alpha value is -4.00. The molecule has 0 spiro atoms. The first-order chi connectivity index (χ1) is 17.4. The standard InChI is InChI=1S/C29H29N3O4/c1-17-4-5-21(13-26(17)22-14-30-16-31-15-22)28-32-27(19(3)36-28)10-11-35-23-7-9-25-20(12-23)6-8-24(25)18(2)29(33)34/h4-5,7,9,12-16,18,24H,6,8,10-11H2,1-3H3,(H,33,34)/t18-,24-/m0/s1. The second-order valence-electron chi connectivity index (χ2n) is 9.41. The highest BCUT2D eigenvalue weighted by Crippen LogP contribution is 2.40. The molecule has 0 bridgehead atoms. The summed E-state index contributed by atoms with van der Waals surface area (Å²) in [6.45, 7) is 6.24. The average Bonchev–Trinajstić information content (AvgIpc) is 3.47. The number of hydrogen-bond donors (Lipinski definition) is 1. The molecule has 0 saturated heterocycles. The number of rotatable bonds is 8. The number of fused-ring (bicyclic) bond motifs is 1. The molecule has 2 atom stereocenters. The molecule has 1 aliphatic rings. The van der Waals surface area contributed by atoms with Crippen molar-refractivity contribution >= 4 is 5.97 Å². The minimum atomic E-state index is -0.744. The van der Waals surface area contributed by atoms with Crippen LogP contribution in [0.4, 0.5) is 0 Å². The number of aromatic nitrogens is 3. The molecule has 5 rings (SSSR count). The molecule has 0 saturated carbocycles. The summed E-state index contributed by atoms with van der Waals surface area (Å²) in [5, 5.41) is 9.38. The van der Waals surface area contributed by atoms with Crippen LogP contribution in [0.2, 0.25) is 0 Å². The van der Waals surface area contributed by atoms with Gasteiger partial charge in [0.1, 0.15) is 17.8 Å². The van der Waals surface area contributed by atoms with Crippen molar-refractivity contribution in [3.05, 3.63) is 83.3 Å². The van der Waals surface area contributed by atoms with Crippen LogP contribution in [0.25, 0.3) is 22.6 Å². The zero-order valence-corrected chi connectivity index (χ0v) is 20.7. The van der Waals surface area contributed by atoms with E-state index in [1.807, 2.05) is 31.2 Å². The van der Waals surface area contributed by atoms with Crippen LogP contribution < -0.4 is 4.74 Å². The number of benzene rings is 2. The first-order valence-corrected chi connectivity index (χ1v) is 12.2. The van der Waals surface area contributed by atoms with Crippen LogP contribution >= 0.6 is 0 Å². The quantitative estimate of drug-likeness (QED) is 0.339. The van der Waals surface area contributed by atoms with Gasteiger partial charge in [-0.25, -0.2) is 15.0 Å². The van der Waals surface area contributed by atoms with Crippen molar-refractivity contribution in [2.45, 2.75) is 46.0 Å². The van der Waals surface area contributed by atoms with Crippen molar-refractivity contribution in [3.8, 4) is 28.3 Å². The summed E-state index contributed by atoms with van der Waals surface area (Å²) >= 11 is 0. The topological polar surface area (TPSA) is 98.3 Å². The summed E-state index contributed by atoms with van der Waals surface area (Å²) in [5.74, 6) is 1.10. The van der Waals surface area contributed by atoms with Crippen LogP contribution in [0.1, 0.15) is 47.4 Å². The first kappa shape index (κ1) is 23.7. The fraction of sp³-hybridized carbons (Fsp3) is 0.310. The second-order valence-corrected chi connectivity index (χ2v) is 9.41. The third kappa shape index (κ3) is 4.73. The summed E-state index contributed by atoms with van der Waals surface area (Å²) in [5.41, 5.74) is 7.21. The lowest BCUT2D eigenvalue weighted by Crippen LogP contribution is -2.17. The Balaban J connectivity index is 1.26. The van der Waals surface area contributed by atoms with Crippen molar-refractivity contribution in [2.24, 2.45) is 5.92 Å². The maximum atomic E-state index is 11.4. The van der Waals surface area contributed by atoms with Gasteiger partial charge in [0.05, 0.1) is 18.2 Å². The molecule has 36 heavy (non-hydrogen) atoms. The van der Waals surface area contributed by atoms with Gasteiger partial charge >= 0.3 is 5.97 Å². The number of carbonyl (C=O) groups is 1. The van der Waals surface area contributed by atoms with E-state index in [1.165, 1.54) is 11.9 Å². The van der Waals surface area contributed by atoms with Gasteiger partial charge in [0.15, 0.2) is 0 Å². The maximum absolute atomic E-state index is 11.4. The van der Waals surface area contributed by atoms with Crippen LogP contribution in [-0.2, 0) is 17.6 Å². The minimum absolute atomic E-state index is 0.0689. The molecule has 2 aromatic carbocycles. The van der Waals surface area contributed by atoms with Gasteiger partial charge in [-0.2, -0.15) is 0 Å². The predicted molar refractivity (Wildman–Crippen MR) is 136 cm³/mol. The smallest absolute Gasteiger partial charge is 0.306 e. The van der Waals surface area contributed by atoms with Gasteiger partial charge in [0.25, 0.3) is 0 Å². The zero-order valence-electron chi connectivity index (χ0n) is 20.7. The molecule has 7 heteroatoms. The second kappa shape index (κ2) is 9.93. The van der Waals surface area contributed by atoms with E-state index in [-0.39, 0.29) is 11.8 Å². The Morgan fingerprint density at radius 1 is 1.14 bits per heavy atom. The average molecular weight is 484 g/mol. The number of aryl methyl sites for hydroxylation is 3. The van der Waals surface area contributed by atoms with Crippen LogP contribution in [0.5, 0.6) is 5.75 Å². The minimum Gasteiger partial charge on any atom is -0.493 e. The van der Waals surface area contributed by atoms with Crippen LogP contribution in [0.3, 0.4) is 0 Å². The Morgan fingerprint density at radius 3 is 2.72 bits per heavy atom. The molecule has 0 fully saturated rings. The number of hydrogen-bond acceptors (Lipinski definition) is 6. The van der Waals surface area contributed by atoms with Gasteiger partial charge in [-0.1, -0.05) is 19.1 Å². The van der Waals surface area contributed by atoms with E-state index >= 15 is 0 Å². The molecule has 2 aromatic heterocycles. The normalized spacial score (nSPS) is 15.5. The molecular weight excluding hydrogens is 454 g/mol. The highest BCUT2D eigenvalue weighted by atomic mass is 16.5. The Morgan fingerprint density at radius 2 is 1.94 bits per heavy atom. The van der Waals surface area contributed by atoms with E-state index in [0.29, 0.717) is 18.9 Å². The number of oxazole rings is 1. The van der Waals surface area contributed by atoms with Crippen molar-refractivity contribution in [3.63, 3.8) is 0 Å². The lowest BCUT2D eigenvalue weighted by atomic mass is 9.89. The molecule has 0 unspecified atom stereocenters. The third-order valence-electron chi connectivity index (χ3n) is 7.09. The number of carboxylic acid groups (broad SMARTS) is 1. The highest BCUT2D eigenvalue weighted by Gasteiger charge is 2.31. The van der Waals surface area contributed by atoms with E-state index in [9.17, 15) is 9.90 Å². The summed E-state index contributed by atoms with van der Waals surface area (Å²) in [6, 6.07) is 12.1. The Kier molecular flexibility index (Phi) is 6.55. The molecular formula is C29H29N3O4. The first-order valence-electron chi connectivity index (χ1n) is 12.2. The van der Waals surface area contributed by atoms with Gasteiger partial charge in [-0.15, -0.1) is 0 Å². The fourth-order valence-electron chi connectivity index (χ4n) is 4.96. The van der Waals surface area contributed by atoms with E-state index in [0.717, 1.165) is 57.9 Å². The lowest BCUT2D eigenvalue weighted by Gasteiger charge is -2.16. The van der Waals surface area contributed by atoms with E-state index < -0.39 is 5.97 Å². The van der Waals surface area contributed by atoms with Gasteiger partial charge in [0.2, 0.25) is 5.89 Å². The zero-order chi connectivity index (χ0) is 25.2. The van der Waals surface area contributed by atoms with Gasteiger partial charge < -0.3 is 14.3 Å². The van der Waals surface area contributed by atoms with E-state index in [4.69, 9.17) is 14.1 Å². The van der Waals surface area contributed by atoms with Crippen molar-refractivity contribution in [1.82, 2.24) is 15.0 Å². The summed E-state index contributed by atoms with van der Waals surface area (Å²) < 4.78 is 12.0. The summed E-state index contributed by atoms with van der Waals surface area (Å²) in [6.07, 6.45) is 7.49. The van der Waals surface area contributed by atoms with Gasteiger partial charge in [0, 0.05) is 29.9 Å². The number of aliphatic carboxylic acids is 1. The molecule has 2 heterocycles. The third-order valence-corrected chi connectivity index (χ3v) is 7.09. The number of ether oxygens (including phenoxy) is 1. The Bertz CT molecular complexity index is 1400. The van der Waals surface area contributed by atoms with E-state index in [1.54, 1.807) is 19.3 Å². The van der Waals surface area contributed by atoms with E-state index in [2.05, 4.69) is 29.0 Å². The Labute approximate surface area is 210 Å². The number of nitrogens with zero attached hydrogens (tertiary/aromatic N) is 3. The van der Waals surface area contributed by atoms with Crippen LogP contribution in [0.15, 0.2) is 59.5 Å². The monoisotopic (exact) mass is 483 g/mol. The molecule has 0 amide bonds. The molecule has 1 aliphatic carbocycles. The van der Waals surface area contributed by atoms with Crippen molar-refractivity contribution in [1.29, 1.82) is 0 Å². The molecule has 0 radical (unpaired) electrons. The fourth-order valence-corrected chi connectivity index (χ4v) is 4.96. The van der Waals surface area contributed by atoms with Crippen molar-refractivity contribution < 1.29 is 19.1 Å². The lowest BCUT2D eigenvalue weighted by molar-refractivity contribution is -0.141. The van der Waals surface area contributed by atoms with Gasteiger partial charge in [-0.05, 0) is 79.1 Å². The SMILES string of the molecule is Cc1ccc(-c2nc(CCOc3ccc4c(c3)CC[C@H]4[C@H](C)C(=O)O)c(C)o2)cc1-c1cncnc1. The van der Waals surface area contributed by atoms with Crippen LogP contribution in [0, 0.1) is 19.8 Å². The molecule has 0 aliphatic heterocycles. The molecule has 7 nitrogen and oxygen atoms in total. The van der Waals surface area contributed by atoms with Gasteiger partial charge in [-0.3, -0.25) is 4.79 Å². The molecule has 1 N–H and O–H groups in total. The molecule has 184 valence electrons. The molecule has 4 aromatic rings. The predicted octanol–water partition coefficient (Wildman–Crippen LogP) is 5.79. The van der Waals surface area contributed by atoms with Crippen LogP contribution in [-0.4, -0.2) is 32.6 Å². The summed E-state index contributed by atoms with van der Waals surface area (Å²) in [7, 11) is 0. The number of carboxylic acids is 1.